The van der Waals surface area contributed by atoms with Crippen LogP contribution in [0.5, 0.6) is 0 Å². The number of carbonyl (C=O) groups is 5. The third kappa shape index (κ3) is 414. The summed E-state index contributed by atoms with van der Waals surface area (Å²) in [6, 6.07) is 0. The van der Waals surface area contributed by atoms with Gasteiger partial charge < -0.3 is 24.0 Å². The standard InChI is InChI=1S/5CH2O.Ru/c5*1-2;/h5*1H2;. The van der Waals surface area contributed by atoms with Gasteiger partial charge in [0.15, 0.2) is 0 Å². The summed E-state index contributed by atoms with van der Waals surface area (Å²) in [5.41, 5.74) is 0. The van der Waals surface area contributed by atoms with Crippen LogP contribution in [-0.4, -0.2) is 33.9 Å². The summed E-state index contributed by atoms with van der Waals surface area (Å²) in [5.74, 6) is 0. The summed E-state index contributed by atoms with van der Waals surface area (Å²) in [6.45, 7) is 10.0. The van der Waals surface area contributed by atoms with E-state index in [-0.39, 0.29) is 19.5 Å². The summed E-state index contributed by atoms with van der Waals surface area (Å²) < 4.78 is 0. The van der Waals surface area contributed by atoms with Crippen LogP contribution in [0.25, 0.3) is 0 Å². The minimum Gasteiger partial charge on any atom is -0.307 e. The maximum atomic E-state index is 8.00. The van der Waals surface area contributed by atoms with E-state index in [4.69, 9.17) is 24.0 Å². The Balaban J connectivity index is -0.00000000694. The first-order valence-electron chi connectivity index (χ1n) is 1.44. The van der Waals surface area contributed by atoms with Crippen LogP contribution in [0.1, 0.15) is 0 Å². The molecule has 0 saturated heterocycles. The molecule has 0 aliphatic heterocycles. The van der Waals surface area contributed by atoms with Crippen LogP contribution in [0.4, 0.5) is 0 Å². The fourth-order valence-electron chi connectivity index (χ4n) is 0. The summed E-state index contributed by atoms with van der Waals surface area (Å²) in [4.78, 5) is 40.0. The molecule has 0 unspecified atom stereocenters. The van der Waals surface area contributed by atoms with Gasteiger partial charge in [-0.2, -0.15) is 0 Å². The van der Waals surface area contributed by atoms with Crippen LogP contribution in [0.2, 0.25) is 0 Å². The Labute approximate surface area is 77.9 Å². The second-order valence-corrected chi connectivity index (χ2v) is 0. The van der Waals surface area contributed by atoms with Crippen molar-refractivity contribution in [2.45, 2.75) is 0 Å². The van der Waals surface area contributed by atoms with Crippen LogP contribution in [0.15, 0.2) is 0 Å². The Kier molecular flexibility index (Phi) is 2500. The molecule has 11 heavy (non-hydrogen) atoms. The molecule has 0 radical (unpaired) electrons. The van der Waals surface area contributed by atoms with Gasteiger partial charge in [-0.1, -0.05) is 0 Å². The van der Waals surface area contributed by atoms with Crippen molar-refractivity contribution in [1.82, 2.24) is 0 Å². The topological polar surface area (TPSA) is 85.3 Å². The van der Waals surface area contributed by atoms with Crippen molar-refractivity contribution in [1.29, 1.82) is 0 Å². The SMILES string of the molecule is C=O.C=O.C=O.C=O.C=O.[Ru]. The minimum absolute atomic E-state index is 0. The van der Waals surface area contributed by atoms with Crippen molar-refractivity contribution in [3.8, 4) is 0 Å². The first-order valence-corrected chi connectivity index (χ1v) is 1.44. The van der Waals surface area contributed by atoms with E-state index in [9.17, 15) is 0 Å². The Morgan fingerprint density at radius 2 is 0.364 bits per heavy atom. The predicted molar refractivity (Wildman–Crippen MR) is 35.6 cm³/mol. The van der Waals surface area contributed by atoms with Gasteiger partial charge in [0.05, 0.1) is 0 Å². The molecule has 0 bridgehead atoms. The number of carbonyl (C=O) groups excluding carboxylic acids is 5. The molecule has 0 saturated carbocycles. The van der Waals surface area contributed by atoms with Gasteiger partial charge in [-0.05, 0) is 0 Å². The van der Waals surface area contributed by atoms with Crippen molar-refractivity contribution >= 4 is 33.9 Å². The molecular formula is C5H10O5Ru. The van der Waals surface area contributed by atoms with E-state index < -0.39 is 0 Å². The first kappa shape index (κ1) is 50.9. The largest absolute Gasteiger partial charge is 0.307 e. The zero-order chi connectivity index (χ0) is 10.0. The van der Waals surface area contributed by atoms with Gasteiger partial charge >= 0.3 is 0 Å². The maximum absolute atomic E-state index is 8.00. The van der Waals surface area contributed by atoms with Crippen LogP contribution < -0.4 is 0 Å². The summed E-state index contributed by atoms with van der Waals surface area (Å²) in [6.07, 6.45) is 0. The van der Waals surface area contributed by atoms with E-state index in [1.165, 1.54) is 0 Å². The van der Waals surface area contributed by atoms with Crippen molar-refractivity contribution in [2.75, 3.05) is 0 Å². The second kappa shape index (κ2) is 541. The van der Waals surface area contributed by atoms with E-state index in [0.29, 0.717) is 0 Å². The smallest absolute Gasteiger partial charge is 0.106 e. The molecular weight excluding hydrogens is 241 g/mol. The molecule has 0 aliphatic carbocycles. The number of hydrogen-bond acceptors (Lipinski definition) is 5. The van der Waals surface area contributed by atoms with Crippen LogP contribution >= 0.6 is 0 Å². The summed E-state index contributed by atoms with van der Waals surface area (Å²) >= 11 is 0. The van der Waals surface area contributed by atoms with E-state index in [1.807, 2.05) is 33.9 Å². The van der Waals surface area contributed by atoms with E-state index >= 15 is 0 Å². The van der Waals surface area contributed by atoms with E-state index in [2.05, 4.69) is 0 Å². The second-order valence-electron chi connectivity index (χ2n) is 0. The molecule has 0 spiro atoms. The van der Waals surface area contributed by atoms with E-state index in [1.54, 1.807) is 0 Å². The summed E-state index contributed by atoms with van der Waals surface area (Å²) in [7, 11) is 0. The normalized spacial score (nSPS) is 1.82. The Hall–Kier alpha value is -1.03. The molecule has 0 aromatic heterocycles. The van der Waals surface area contributed by atoms with Crippen LogP contribution in [0, 0.1) is 0 Å². The minimum atomic E-state index is 0. The Morgan fingerprint density at radius 1 is 0.364 bits per heavy atom. The van der Waals surface area contributed by atoms with Crippen molar-refractivity contribution in [2.24, 2.45) is 0 Å². The molecule has 0 aromatic rings. The van der Waals surface area contributed by atoms with Crippen molar-refractivity contribution < 1.29 is 43.5 Å². The summed E-state index contributed by atoms with van der Waals surface area (Å²) in [5, 5.41) is 0. The Morgan fingerprint density at radius 3 is 0.364 bits per heavy atom. The zero-order valence-electron chi connectivity index (χ0n) is 5.93. The molecule has 0 heterocycles. The monoisotopic (exact) mass is 252 g/mol. The van der Waals surface area contributed by atoms with Crippen molar-refractivity contribution in [3.63, 3.8) is 0 Å². The van der Waals surface area contributed by atoms with Gasteiger partial charge in [-0.25, -0.2) is 0 Å². The molecule has 0 N–H and O–H groups in total. The molecule has 68 valence electrons. The fourth-order valence-corrected chi connectivity index (χ4v) is 0. The molecule has 6 heteroatoms. The molecule has 0 atom stereocenters. The van der Waals surface area contributed by atoms with Gasteiger partial charge in [-0.15, -0.1) is 0 Å². The maximum Gasteiger partial charge on any atom is 0.106 e. The Bertz CT molecular complexity index is 26.4. The number of rotatable bonds is 0. The third-order valence-electron chi connectivity index (χ3n) is 0. The number of hydrogen-bond donors (Lipinski definition) is 0. The molecule has 5 nitrogen and oxygen atoms in total. The molecule has 0 aliphatic rings. The van der Waals surface area contributed by atoms with Gasteiger partial charge in [0.2, 0.25) is 0 Å². The first-order chi connectivity index (χ1) is 5.00. The average Bonchev–Trinajstić information content (AvgIpc) is 2.20. The molecule has 0 amide bonds. The van der Waals surface area contributed by atoms with Gasteiger partial charge in [-0.3, -0.25) is 0 Å². The molecule has 0 aromatic carbocycles. The van der Waals surface area contributed by atoms with Gasteiger partial charge in [0, 0.05) is 19.5 Å². The zero-order valence-corrected chi connectivity index (χ0v) is 7.67. The quantitative estimate of drug-likeness (QED) is 0.519. The van der Waals surface area contributed by atoms with Gasteiger partial charge in [0.1, 0.15) is 33.9 Å². The van der Waals surface area contributed by atoms with Crippen LogP contribution in [-0.2, 0) is 43.5 Å². The van der Waals surface area contributed by atoms with Crippen molar-refractivity contribution in [3.05, 3.63) is 0 Å². The fraction of sp³-hybridized carbons (Fsp3) is 0. The van der Waals surface area contributed by atoms with Crippen LogP contribution in [0.3, 0.4) is 0 Å². The molecule has 0 rings (SSSR count). The predicted octanol–water partition coefficient (Wildman–Crippen LogP) is -0.927. The van der Waals surface area contributed by atoms with E-state index in [0.717, 1.165) is 0 Å². The molecule has 0 fully saturated rings. The third-order valence-corrected chi connectivity index (χ3v) is 0. The average molecular weight is 251 g/mol. The van der Waals surface area contributed by atoms with Gasteiger partial charge in [0.25, 0.3) is 0 Å².